The Kier molecular flexibility index (Phi) is 6.42. The number of ether oxygens (including phenoxy) is 1. The molecule has 0 amide bonds. The van der Waals surface area contributed by atoms with E-state index >= 15 is 0 Å². The van der Waals surface area contributed by atoms with E-state index in [0.29, 0.717) is 26.3 Å². The minimum absolute atomic E-state index is 0.0562. The summed E-state index contributed by atoms with van der Waals surface area (Å²) in [6, 6.07) is 21.3. The number of β-amino-alcohol motifs (C(OH)–C–C–N with tert-alkyl or cyclic N) is 1. The van der Waals surface area contributed by atoms with Crippen LogP contribution in [-0.2, 0) is 9.16 Å². The Balaban J connectivity index is 1.95. The van der Waals surface area contributed by atoms with Gasteiger partial charge < -0.3 is 19.6 Å². The van der Waals surface area contributed by atoms with Gasteiger partial charge in [-0.3, -0.25) is 0 Å². The Morgan fingerprint density at radius 3 is 2.11 bits per heavy atom. The molecule has 4 nitrogen and oxygen atoms in total. The van der Waals surface area contributed by atoms with Gasteiger partial charge >= 0.3 is 0 Å². The second kappa shape index (κ2) is 8.47. The number of nitrogens with one attached hydrogen (secondary N) is 1. The molecule has 2 aromatic rings. The van der Waals surface area contributed by atoms with Crippen LogP contribution >= 0.6 is 0 Å². The molecule has 3 rings (SSSR count). The van der Waals surface area contributed by atoms with Crippen molar-refractivity contribution in [2.45, 2.75) is 44.4 Å². The molecule has 1 saturated heterocycles. The SMILES string of the molecule is CC(C)(C)[Si](OC[C@H]1CNC[C@](C)(O)CO1)(c1ccccc1)c1ccccc1. The Bertz CT molecular complexity index is 704. The van der Waals surface area contributed by atoms with E-state index in [-0.39, 0.29) is 11.1 Å². The summed E-state index contributed by atoms with van der Waals surface area (Å²) in [5, 5.41) is 16.0. The minimum atomic E-state index is -2.56. The van der Waals surface area contributed by atoms with E-state index in [1.165, 1.54) is 10.4 Å². The zero-order valence-corrected chi connectivity index (χ0v) is 18.4. The molecule has 1 heterocycles. The highest BCUT2D eigenvalue weighted by atomic mass is 28.4. The van der Waals surface area contributed by atoms with Gasteiger partial charge in [-0.15, -0.1) is 0 Å². The molecular formula is C23H33NO3Si. The van der Waals surface area contributed by atoms with E-state index in [4.69, 9.17) is 9.16 Å². The molecule has 0 aliphatic carbocycles. The maximum Gasteiger partial charge on any atom is 0.261 e. The van der Waals surface area contributed by atoms with Crippen LogP contribution < -0.4 is 15.7 Å². The van der Waals surface area contributed by atoms with Crippen molar-refractivity contribution in [3.63, 3.8) is 0 Å². The molecule has 28 heavy (non-hydrogen) atoms. The van der Waals surface area contributed by atoms with E-state index in [1.807, 2.05) is 0 Å². The van der Waals surface area contributed by atoms with Crippen LogP contribution in [0.5, 0.6) is 0 Å². The fraction of sp³-hybridized carbons (Fsp3) is 0.478. The van der Waals surface area contributed by atoms with Crippen LogP contribution in [-0.4, -0.2) is 51.4 Å². The smallest absolute Gasteiger partial charge is 0.261 e. The summed E-state index contributed by atoms with van der Waals surface area (Å²) in [6.07, 6.45) is -0.0874. The van der Waals surface area contributed by atoms with E-state index < -0.39 is 13.9 Å². The highest BCUT2D eigenvalue weighted by Crippen LogP contribution is 2.36. The molecule has 0 unspecified atom stereocenters. The average molecular weight is 400 g/mol. The van der Waals surface area contributed by atoms with Crippen LogP contribution in [0.1, 0.15) is 27.7 Å². The predicted molar refractivity (Wildman–Crippen MR) is 117 cm³/mol. The maximum atomic E-state index is 10.3. The van der Waals surface area contributed by atoms with Crippen molar-refractivity contribution in [3.8, 4) is 0 Å². The van der Waals surface area contributed by atoms with Gasteiger partial charge in [0.1, 0.15) is 0 Å². The summed E-state index contributed by atoms with van der Waals surface area (Å²) in [5.74, 6) is 0. The van der Waals surface area contributed by atoms with Crippen LogP contribution in [0.25, 0.3) is 0 Å². The molecule has 5 heteroatoms. The number of rotatable bonds is 5. The monoisotopic (exact) mass is 399 g/mol. The second-order valence-corrected chi connectivity index (χ2v) is 13.3. The van der Waals surface area contributed by atoms with Crippen molar-refractivity contribution < 1.29 is 14.3 Å². The van der Waals surface area contributed by atoms with E-state index in [9.17, 15) is 5.11 Å². The summed E-state index contributed by atoms with van der Waals surface area (Å²) >= 11 is 0. The molecule has 0 spiro atoms. The lowest BCUT2D eigenvalue weighted by Gasteiger charge is -2.43. The first-order chi connectivity index (χ1) is 13.2. The molecule has 1 fully saturated rings. The first kappa shape index (κ1) is 21.2. The lowest BCUT2D eigenvalue weighted by Crippen LogP contribution is -2.67. The molecule has 2 aromatic carbocycles. The Hall–Kier alpha value is -1.50. The number of benzene rings is 2. The third-order valence-corrected chi connectivity index (χ3v) is 10.4. The van der Waals surface area contributed by atoms with Crippen molar-refractivity contribution >= 4 is 18.7 Å². The Morgan fingerprint density at radius 1 is 1.07 bits per heavy atom. The summed E-state index contributed by atoms with van der Waals surface area (Å²) in [5.41, 5.74) is -0.841. The third-order valence-electron chi connectivity index (χ3n) is 5.41. The zero-order chi connectivity index (χ0) is 20.3. The number of hydrogen-bond acceptors (Lipinski definition) is 4. The normalized spacial score (nSPS) is 24.0. The first-order valence-corrected chi connectivity index (χ1v) is 12.0. The van der Waals surface area contributed by atoms with Gasteiger partial charge in [0.15, 0.2) is 0 Å². The summed E-state index contributed by atoms with van der Waals surface area (Å²) in [7, 11) is -2.56. The van der Waals surface area contributed by atoms with Crippen LogP contribution in [0.2, 0.25) is 5.04 Å². The maximum absolute atomic E-state index is 10.3. The molecule has 2 atom stereocenters. The Labute approximate surface area is 170 Å². The summed E-state index contributed by atoms with van der Waals surface area (Å²) in [6.45, 7) is 10.6. The lowest BCUT2D eigenvalue weighted by molar-refractivity contribution is -0.0511. The van der Waals surface area contributed by atoms with Crippen molar-refractivity contribution in [1.29, 1.82) is 0 Å². The van der Waals surface area contributed by atoms with E-state index in [1.54, 1.807) is 6.92 Å². The second-order valence-electron chi connectivity index (χ2n) is 9.04. The van der Waals surface area contributed by atoms with Crippen molar-refractivity contribution in [3.05, 3.63) is 60.7 Å². The van der Waals surface area contributed by atoms with Crippen LogP contribution in [0.4, 0.5) is 0 Å². The fourth-order valence-electron chi connectivity index (χ4n) is 4.00. The molecule has 2 N–H and O–H groups in total. The average Bonchev–Trinajstić information content (AvgIpc) is 2.83. The number of hydrogen-bond donors (Lipinski definition) is 2. The summed E-state index contributed by atoms with van der Waals surface area (Å²) in [4.78, 5) is 0. The molecule has 152 valence electrons. The van der Waals surface area contributed by atoms with Gasteiger partial charge in [-0.05, 0) is 22.3 Å². The molecule has 1 aliphatic rings. The topological polar surface area (TPSA) is 50.7 Å². The standard InChI is InChI=1S/C23H33NO3Si/c1-22(2,3)28(20-11-7-5-8-12-20,21-13-9-6-10-14-21)27-16-19-15-24-17-23(4,25)18-26-19/h5-14,19,24-25H,15-18H2,1-4H3/t19-,23+/m1/s1. The van der Waals surface area contributed by atoms with Gasteiger partial charge in [0.25, 0.3) is 8.32 Å². The van der Waals surface area contributed by atoms with Gasteiger partial charge in [0, 0.05) is 13.1 Å². The molecule has 0 radical (unpaired) electrons. The third kappa shape index (κ3) is 4.55. The van der Waals surface area contributed by atoms with Crippen molar-refractivity contribution in [1.82, 2.24) is 5.32 Å². The van der Waals surface area contributed by atoms with Gasteiger partial charge in [-0.1, -0.05) is 81.4 Å². The largest absolute Gasteiger partial charge is 0.405 e. The van der Waals surface area contributed by atoms with Crippen LogP contribution in [0.3, 0.4) is 0 Å². The predicted octanol–water partition coefficient (Wildman–Crippen LogP) is 2.30. The van der Waals surface area contributed by atoms with Crippen LogP contribution in [0, 0.1) is 0 Å². The van der Waals surface area contributed by atoms with E-state index in [2.05, 4.69) is 86.8 Å². The molecule has 0 bridgehead atoms. The van der Waals surface area contributed by atoms with Crippen molar-refractivity contribution in [2.75, 3.05) is 26.3 Å². The minimum Gasteiger partial charge on any atom is -0.405 e. The lowest BCUT2D eigenvalue weighted by atomic mass is 10.1. The number of aliphatic hydroxyl groups is 1. The van der Waals surface area contributed by atoms with Gasteiger partial charge in [-0.25, -0.2) is 0 Å². The van der Waals surface area contributed by atoms with E-state index in [0.717, 1.165) is 0 Å². The summed E-state index contributed by atoms with van der Waals surface area (Å²) < 4.78 is 12.9. The molecule has 0 aromatic heterocycles. The molecular weight excluding hydrogens is 366 g/mol. The zero-order valence-electron chi connectivity index (χ0n) is 17.4. The van der Waals surface area contributed by atoms with Gasteiger partial charge in [-0.2, -0.15) is 0 Å². The highest BCUT2D eigenvalue weighted by molar-refractivity contribution is 6.99. The van der Waals surface area contributed by atoms with Crippen LogP contribution in [0.15, 0.2) is 60.7 Å². The van der Waals surface area contributed by atoms with Crippen molar-refractivity contribution in [2.24, 2.45) is 0 Å². The molecule has 0 saturated carbocycles. The van der Waals surface area contributed by atoms with Gasteiger partial charge in [0.2, 0.25) is 0 Å². The Morgan fingerprint density at radius 2 is 1.61 bits per heavy atom. The molecule has 1 aliphatic heterocycles. The quantitative estimate of drug-likeness (QED) is 0.758. The highest BCUT2D eigenvalue weighted by Gasteiger charge is 2.50. The first-order valence-electron chi connectivity index (χ1n) is 10.0. The fourth-order valence-corrected chi connectivity index (χ4v) is 8.59. The van der Waals surface area contributed by atoms with Gasteiger partial charge in [0.05, 0.1) is 24.9 Å².